The Morgan fingerprint density at radius 1 is 1.15 bits per heavy atom. The molecule has 0 saturated heterocycles. The molecule has 4 aromatic rings. The molecule has 7 nitrogen and oxygen atoms in total. The molecule has 0 amide bonds. The normalized spacial score (nSPS) is 13.7. The third-order valence-electron chi connectivity index (χ3n) is 7.67. The van der Waals surface area contributed by atoms with E-state index in [9.17, 15) is 4.79 Å². The Hall–Kier alpha value is -3.29. The molecule has 0 radical (unpaired) electrons. The smallest absolute Gasteiger partial charge is 0.355 e. The Balaban J connectivity index is 1.58. The van der Waals surface area contributed by atoms with E-state index < -0.39 is 0 Å². The third-order valence-corrected chi connectivity index (χ3v) is 8.27. The van der Waals surface area contributed by atoms with Gasteiger partial charge >= 0.3 is 5.97 Å². The molecular formula is C32H38ClN3O4. The maximum Gasteiger partial charge on any atom is 0.355 e. The van der Waals surface area contributed by atoms with E-state index in [1.807, 2.05) is 51.6 Å². The second-order valence-corrected chi connectivity index (χ2v) is 10.9. The summed E-state index contributed by atoms with van der Waals surface area (Å²) in [5.41, 5.74) is 8.86. The first-order chi connectivity index (χ1) is 19.3. The van der Waals surface area contributed by atoms with Gasteiger partial charge in [-0.2, -0.15) is 5.10 Å². The highest BCUT2D eigenvalue weighted by molar-refractivity contribution is 6.32. The second kappa shape index (κ2) is 12.1. The molecule has 8 heteroatoms. The van der Waals surface area contributed by atoms with Gasteiger partial charge in [0.15, 0.2) is 0 Å². The average Bonchev–Trinajstić information content (AvgIpc) is 3.38. The van der Waals surface area contributed by atoms with Crippen molar-refractivity contribution < 1.29 is 19.0 Å². The van der Waals surface area contributed by atoms with Gasteiger partial charge in [-0.3, -0.25) is 4.68 Å². The number of hydrogen-bond acceptors (Lipinski definition) is 5. The van der Waals surface area contributed by atoms with Gasteiger partial charge in [-0.05, 0) is 82.2 Å². The number of ether oxygens (including phenoxy) is 3. The van der Waals surface area contributed by atoms with Gasteiger partial charge in [0.2, 0.25) is 0 Å². The number of para-hydroxylation sites is 1. The molecule has 0 atom stereocenters. The summed E-state index contributed by atoms with van der Waals surface area (Å²) in [7, 11) is 1.97. The number of nitrogens with zero attached hydrogens (tertiary/aromatic N) is 3. The minimum atomic E-state index is -0.279. The van der Waals surface area contributed by atoms with E-state index in [1.54, 1.807) is 0 Å². The van der Waals surface area contributed by atoms with Gasteiger partial charge in [0.05, 0.1) is 36.7 Å². The lowest BCUT2D eigenvalue weighted by Crippen LogP contribution is -2.15. The van der Waals surface area contributed by atoms with Gasteiger partial charge in [-0.1, -0.05) is 29.8 Å². The fourth-order valence-corrected chi connectivity index (χ4v) is 5.99. The molecule has 3 heterocycles. The number of hydrogen-bond donors (Lipinski definition) is 0. The lowest BCUT2D eigenvalue weighted by Gasteiger charge is -2.13. The lowest BCUT2D eigenvalue weighted by atomic mass is 9.98. The number of carbonyl (C=O) groups is 1. The van der Waals surface area contributed by atoms with Crippen LogP contribution >= 0.6 is 11.6 Å². The molecular weight excluding hydrogens is 526 g/mol. The number of carbonyl (C=O) groups excluding carboxylic acids is 1. The molecule has 212 valence electrons. The summed E-state index contributed by atoms with van der Waals surface area (Å²) in [5, 5.41) is 6.58. The molecule has 0 N–H and O–H groups in total. The van der Waals surface area contributed by atoms with Crippen LogP contribution in [0.15, 0.2) is 30.3 Å². The number of esters is 1. The molecule has 0 unspecified atom stereocenters. The summed E-state index contributed by atoms with van der Waals surface area (Å²) in [5.74, 6) is 0.532. The van der Waals surface area contributed by atoms with Gasteiger partial charge in [0.1, 0.15) is 11.4 Å². The quantitative estimate of drug-likeness (QED) is 0.177. The molecule has 1 aliphatic rings. The third kappa shape index (κ3) is 5.37. The Kier molecular flexibility index (Phi) is 8.52. The summed E-state index contributed by atoms with van der Waals surface area (Å²) in [6.45, 7) is 10.6. The standard InChI is InChI=1S/C32H38ClN3O4/c1-6-39-32(37)31-25(13-10-16-40-23-17-20(2)29(33)21(3)18-23)24-11-9-12-26-28-22(4)34-35(5)27(28)19-38-15-8-7-14-36(31)30(24)26/h9,11-12,17-18H,6-8,10,13-16,19H2,1-5H3. The molecule has 0 fully saturated rings. The predicted molar refractivity (Wildman–Crippen MR) is 158 cm³/mol. The Labute approximate surface area is 241 Å². The fraction of sp³-hybridized carbons (Fsp3) is 0.438. The van der Waals surface area contributed by atoms with Crippen LogP contribution in [0.1, 0.15) is 64.8 Å². The Morgan fingerprint density at radius 2 is 1.93 bits per heavy atom. The summed E-state index contributed by atoms with van der Waals surface area (Å²) < 4.78 is 21.9. The van der Waals surface area contributed by atoms with Crippen LogP contribution in [-0.2, 0) is 36.1 Å². The van der Waals surface area contributed by atoms with Crippen molar-refractivity contribution in [2.75, 3.05) is 19.8 Å². The zero-order valence-electron chi connectivity index (χ0n) is 24.1. The van der Waals surface area contributed by atoms with E-state index in [2.05, 4.69) is 22.8 Å². The second-order valence-electron chi connectivity index (χ2n) is 10.5. The van der Waals surface area contributed by atoms with Crippen LogP contribution in [0.4, 0.5) is 0 Å². The number of aryl methyl sites for hydroxylation is 6. The monoisotopic (exact) mass is 563 g/mol. The van der Waals surface area contributed by atoms with Crippen molar-refractivity contribution in [2.24, 2.45) is 7.05 Å². The molecule has 40 heavy (non-hydrogen) atoms. The van der Waals surface area contributed by atoms with Crippen molar-refractivity contribution in [1.82, 2.24) is 14.3 Å². The first-order valence-corrected chi connectivity index (χ1v) is 14.5. The lowest BCUT2D eigenvalue weighted by molar-refractivity contribution is 0.0512. The molecule has 2 aromatic carbocycles. The van der Waals surface area contributed by atoms with Crippen LogP contribution in [0.25, 0.3) is 22.0 Å². The number of halogens is 1. The summed E-state index contributed by atoms with van der Waals surface area (Å²) >= 11 is 6.33. The van der Waals surface area contributed by atoms with Gasteiger partial charge < -0.3 is 18.8 Å². The van der Waals surface area contributed by atoms with E-state index in [-0.39, 0.29) is 5.97 Å². The highest BCUT2D eigenvalue weighted by Crippen LogP contribution is 2.39. The summed E-state index contributed by atoms with van der Waals surface area (Å²) in [4.78, 5) is 13.5. The SMILES string of the molecule is CCOC(=O)c1c(CCCOc2cc(C)c(Cl)c(C)c2)c2cccc3c2n1CCCCOCc1c-3c(C)nn1C. The van der Waals surface area contributed by atoms with Gasteiger partial charge in [0, 0.05) is 41.7 Å². The first-order valence-electron chi connectivity index (χ1n) is 14.1. The Bertz CT molecular complexity index is 1530. The van der Waals surface area contributed by atoms with Crippen LogP contribution in [0.5, 0.6) is 5.75 Å². The van der Waals surface area contributed by atoms with Crippen molar-refractivity contribution in [3.63, 3.8) is 0 Å². The van der Waals surface area contributed by atoms with Crippen molar-refractivity contribution >= 4 is 28.5 Å². The zero-order chi connectivity index (χ0) is 28.4. The van der Waals surface area contributed by atoms with E-state index in [0.717, 1.165) is 80.1 Å². The van der Waals surface area contributed by atoms with Crippen LogP contribution < -0.4 is 4.74 Å². The van der Waals surface area contributed by atoms with Crippen LogP contribution in [0, 0.1) is 20.8 Å². The maximum atomic E-state index is 13.5. The number of rotatable bonds is 7. The zero-order valence-corrected chi connectivity index (χ0v) is 24.9. The van der Waals surface area contributed by atoms with E-state index in [4.69, 9.17) is 30.9 Å². The van der Waals surface area contributed by atoms with Crippen molar-refractivity contribution in [1.29, 1.82) is 0 Å². The van der Waals surface area contributed by atoms with Gasteiger partial charge in [0.25, 0.3) is 0 Å². The highest BCUT2D eigenvalue weighted by atomic mass is 35.5. The van der Waals surface area contributed by atoms with Gasteiger partial charge in [-0.25, -0.2) is 4.79 Å². The van der Waals surface area contributed by atoms with Crippen LogP contribution in [0.3, 0.4) is 0 Å². The topological polar surface area (TPSA) is 67.5 Å². The predicted octanol–water partition coefficient (Wildman–Crippen LogP) is 7.12. The van der Waals surface area contributed by atoms with Crippen LogP contribution in [-0.4, -0.2) is 40.1 Å². The number of fused-ring (bicyclic) bond motifs is 2. The summed E-state index contributed by atoms with van der Waals surface area (Å²) in [6, 6.07) is 10.3. The molecule has 2 aromatic heterocycles. The van der Waals surface area contributed by atoms with Gasteiger partial charge in [-0.15, -0.1) is 0 Å². The molecule has 0 aliphatic carbocycles. The Morgan fingerprint density at radius 3 is 2.67 bits per heavy atom. The van der Waals surface area contributed by atoms with E-state index in [1.165, 1.54) is 0 Å². The molecule has 5 rings (SSSR count). The minimum Gasteiger partial charge on any atom is -0.494 e. The largest absolute Gasteiger partial charge is 0.494 e. The molecule has 0 saturated carbocycles. The molecule has 1 aliphatic heterocycles. The molecule has 0 spiro atoms. The summed E-state index contributed by atoms with van der Waals surface area (Å²) in [6.07, 6.45) is 3.24. The van der Waals surface area contributed by atoms with Crippen LogP contribution in [0.2, 0.25) is 5.02 Å². The fourth-order valence-electron chi connectivity index (χ4n) is 5.88. The first kappa shape index (κ1) is 28.2. The average molecular weight is 564 g/mol. The van der Waals surface area contributed by atoms with E-state index in [0.29, 0.717) is 45.1 Å². The highest BCUT2D eigenvalue weighted by Gasteiger charge is 2.27. The van der Waals surface area contributed by atoms with Crippen molar-refractivity contribution in [3.8, 4) is 16.9 Å². The van der Waals surface area contributed by atoms with E-state index >= 15 is 0 Å². The number of aromatic nitrogens is 3. The molecule has 0 bridgehead atoms. The minimum absolute atomic E-state index is 0.279. The van der Waals surface area contributed by atoms with Crippen molar-refractivity contribution in [3.05, 3.63) is 69.1 Å². The number of benzene rings is 2. The van der Waals surface area contributed by atoms with Crippen molar-refractivity contribution in [2.45, 2.75) is 66.5 Å². The maximum absolute atomic E-state index is 13.5.